The van der Waals surface area contributed by atoms with E-state index in [-0.39, 0.29) is 0 Å². The van der Waals surface area contributed by atoms with Crippen molar-refractivity contribution >= 4 is 32.7 Å². The second kappa shape index (κ2) is 14.0. The summed E-state index contributed by atoms with van der Waals surface area (Å²) in [5.41, 5.74) is 12.0. The van der Waals surface area contributed by atoms with Crippen LogP contribution in [0.3, 0.4) is 0 Å². The molecule has 260 valence electrons. The molecular formula is C51H35N3O. The quantitative estimate of drug-likeness (QED) is 0.158. The van der Waals surface area contributed by atoms with Crippen molar-refractivity contribution in [3.8, 4) is 56.2 Å². The predicted molar refractivity (Wildman–Crippen MR) is 226 cm³/mol. The lowest BCUT2D eigenvalue weighted by molar-refractivity contribution is 0.668. The number of nitrogens with zero attached hydrogens (tertiary/aromatic N) is 3. The minimum absolute atomic E-state index is 0.643. The predicted octanol–water partition coefficient (Wildman–Crippen LogP) is 13.0. The van der Waals surface area contributed by atoms with E-state index in [1.54, 1.807) is 0 Å². The van der Waals surface area contributed by atoms with Gasteiger partial charge in [-0.15, -0.1) is 0 Å². The first-order valence-electron chi connectivity index (χ1n) is 18.7. The zero-order valence-corrected chi connectivity index (χ0v) is 30.1. The number of hydrogen-bond acceptors (Lipinski definition) is 4. The van der Waals surface area contributed by atoms with Gasteiger partial charge in [0, 0.05) is 28.3 Å². The van der Waals surface area contributed by atoms with Crippen LogP contribution < -0.4 is 0 Å². The Morgan fingerprint density at radius 3 is 1.58 bits per heavy atom. The van der Waals surface area contributed by atoms with Crippen LogP contribution >= 0.6 is 0 Å². The molecule has 0 aliphatic rings. The molecule has 0 fully saturated rings. The third-order valence-electron chi connectivity index (χ3n) is 10.5. The van der Waals surface area contributed by atoms with Crippen molar-refractivity contribution in [1.29, 1.82) is 0 Å². The third-order valence-corrected chi connectivity index (χ3v) is 10.5. The van der Waals surface area contributed by atoms with Gasteiger partial charge in [0.1, 0.15) is 17.0 Å². The molecule has 4 heteroatoms. The molecule has 0 bridgehead atoms. The monoisotopic (exact) mass is 705 g/mol. The molecule has 0 atom stereocenters. The number of aryl methyl sites for hydroxylation is 2. The lowest BCUT2D eigenvalue weighted by Gasteiger charge is -2.10. The third kappa shape index (κ3) is 6.45. The van der Waals surface area contributed by atoms with Gasteiger partial charge in [0.2, 0.25) is 0 Å². The second-order valence-electron chi connectivity index (χ2n) is 14.0. The Kier molecular flexibility index (Phi) is 8.27. The minimum Gasteiger partial charge on any atom is -0.456 e. The number of aromatic nitrogens is 3. The number of furan rings is 1. The van der Waals surface area contributed by atoms with Gasteiger partial charge in [0.15, 0.2) is 11.6 Å². The molecule has 8 aromatic carbocycles. The maximum absolute atomic E-state index is 6.40. The fraction of sp³-hybridized carbons (Fsp3) is 0.0392. The molecule has 0 amide bonds. The molecule has 0 radical (unpaired) electrons. The Balaban J connectivity index is 1.00. The molecule has 10 aromatic rings. The maximum Gasteiger partial charge on any atom is 0.163 e. The van der Waals surface area contributed by atoms with E-state index in [0.29, 0.717) is 18.1 Å². The van der Waals surface area contributed by atoms with Crippen LogP contribution in [0.4, 0.5) is 0 Å². The van der Waals surface area contributed by atoms with Gasteiger partial charge in [-0.3, -0.25) is 0 Å². The van der Waals surface area contributed by atoms with E-state index in [1.807, 2.05) is 12.1 Å². The van der Waals surface area contributed by atoms with E-state index in [0.717, 1.165) is 61.8 Å². The number of fused-ring (bicyclic) bond motifs is 4. The zero-order chi connectivity index (χ0) is 36.6. The van der Waals surface area contributed by atoms with Crippen molar-refractivity contribution in [2.24, 2.45) is 0 Å². The maximum atomic E-state index is 6.40. The fourth-order valence-electron chi connectivity index (χ4n) is 7.58. The van der Waals surface area contributed by atoms with E-state index in [1.165, 1.54) is 33.2 Å². The van der Waals surface area contributed by atoms with E-state index < -0.39 is 0 Å². The summed E-state index contributed by atoms with van der Waals surface area (Å²) in [5, 5.41) is 4.59. The zero-order valence-electron chi connectivity index (χ0n) is 30.1. The van der Waals surface area contributed by atoms with Gasteiger partial charge in [-0.05, 0) is 80.4 Å². The van der Waals surface area contributed by atoms with Crippen LogP contribution in [0.15, 0.2) is 192 Å². The minimum atomic E-state index is 0.643. The van der Waals surface area contributed by atoms with Crippen LogP contribution in [0.5, 0.6) is 0 Å². The summed E-state index contributed by atoms with van der Waals surface area (Å²) in [4.78, 5) is 15.2. The van der Waals surface area contributed by atoms with Gasteiger partial charge >= 0.3 is 0 Å². The molecule has 10 rings (SSSR count). The molecule has 0 N–H and O–H groups in total. The summed E-state index contributed by atoms with van der Waals surface area (Å²) in [6.07, 6.45) is 1.39. The fourth-order valence-corrected chi connectivity index (χ4v) is 7.58. The smallest absolute Gasteiger partial charge is 0.163 e. The van der Waals surface area contributed by atoms with Crippen molar-refractivity contribution < 1.29 is 4.42 Å². The summed E-state index contributed by atoms with van der Waals surface area (Å²) in [6.45, 7) is 0. The summed E-state index contributed by atoms with van der Waals surface area (Å²) in [6, 6.07) is 65.8. The van der Waals surface area contributed by atoms with Crippen molar-refractivity contribution in [2.75, 3.05) is 0 Å². The molecule has 0 aliphatic carbocycles. The first kappa shape index (κ1) is 32.5. The van der Waals surface area contributed by atoms with Crippen LogP contribution in [0, 0.1) is 0 Å². The summed E-state index contributed by atoms with van der Waals surface area (Å²) in [7, 11) is 0. The van der Waals surface area contributed by atoms with Gasteiger partial charge in [0.05, 0.1) is 0 Å². The van der Waals surface area contributed by atoms with Gasteiger partial charge < -0.3 is 4.42 Å². The van der Waals surface area contributed by atoms with E-state index in [4.69, 9.17) is 19.4 Å². The molecule has 55 heavy (non-hydrogen) atoms. The highest BCUT2D eigenvalue weighted by Crippen LogP contribution is 2.36. The van der Waals surface area contributed by atoms with E-state index in [9.17, 15) is 0 Å². The average Bonchev–Trinajstić information content (AvgIpc) is 3.65. The lowest BCUT2D eigenvalue weighted by atomic mass is 9.97. The van der Waals surface area contributed by atoms with E-state index >= 15 is 0 Å². The topological polar surface area (TPSA) is 51.8 Å². The molecule has 0 saturated heterocycles. The van der Waals surface area contributed by atoms with Gasteiger partial charge in [-0.2, -0.15) is 0 Å². The second-order valence-corrected chi connectivity index (χ2v) is 14.0. The molecular weight excluding hydrogens is 671 g/mol. The Bertz CT molecular complexity index is 2950. The molecule has 2 aromatic heterocycles. The van der Waals surface area contributed by atoms with Crippen LogP contribution in [0.2, 0.25) is 0 Å². The molecule has 4 nitrogen and oxygen atoms in total. The Morgan fingerprint density at radius 2 is 0.891 bits per heavy atom. The lowest BCUT2D eigenvalue weighted by Crippen LogP contribution is -2.05. The van der Waals surface area contributed by atoms with Gasteiger partial charge in [-0.25, -0.2) is 15.0 Å². The number of hydrogen-bond donors (Lipinski definition) is 0. The SMILES string of the molecule is c1ccc(-c2ccc(-c3ccc4oc5cccc(CCc6nc(-c7ccc(-c8ccccc8)cc7)nc(-c7ccc8ccccc8c7)n6)c5c4c3)cc2)cc1. The highest BCUT2D eigenvalue weighted by Gasteiger charge is 2.16. The van der Waals surface area contributed by atoms with Crippen LogP contribution in [-0.4, -0.2) is 15.0 Å². The van der Waals surface area contributed by atoms with Crippen molar-refractivity contribution in [3.05, 3.63) is 199 Å². The summed E-state index contributed by atoms with van der Waals surface area (Å²) in [5.74, 6) is 2.10. The number of benzene rings is 8. The first-order valence-corrected chi connectivity index (χ1v) is 18.7. The largest absolute Gasteiger partial charge is 0.456 e. The van der Waals surface area contributed by atoms with Crippen LogP contribution in [0.1, 0.15) is 11.4 Å². The molecule has 0 spiro atoms. The average molecular weight is 706 g/mol. The van der Waals surface area contributed by atoms with Crippen LogP contribution in [-0.2, 0) is 12.8 Å². The van der Waals surface area contributed by atoms with Gasteiger partial charge in [-0.1, -0.05) is 164 Å². The van der Waals surface area contributed by atoms with Crippen molar-refractivity contribution in [1.82, 2.24) is 15.0 Å². The first-order chi connectivity index (χ1) is 27.2. The summed E-state index contributed by atoms with van der Waals surface area (Å²) < 4.78 is 6.40. The highest BCUT2D eigenvalue weighted by atomic mass is 16.3. The highest BCUT2D eigenvalue weighted by molar-refractivity contribution is 6.08. The normalized spacial score (nSPS) is 11.4. The van der Waals surface area contributed by atoms with Crippen molar-refractivity contribution in [2.45, 2.75) is 12.8 Å². The Hall–Kier alpha value is -7.17. The molecule has 0 aliphatic heterocycles. The molecule has 0 saturated carbocycles. The number of rotatable bonds is 8. The van der Waals surface area contributed by atoms with Gasteiger partial charge in [0.25, 0.3) is 0 Å². The Labute approximate surface area is 319 Å². The van der Waals surface area contributed by atoms with Crippen molar-refractivity contribution in [3.63, 3.8) is 0 Å². The standard InChI is InChI=1S/C51H35N3O/c1-3-10-34(11-4-1)37-18-20-39(21-19-37)43-28-30-46-45(33-43)49-40(16-9-17-47(49)55-46)29-31-48-52-50(41-25-22-38(23-26-41)35-12-5-2-6-13-35)54-51(53-48)44-27-24-36-14-7-8-15-42(36)32-44/h1-28,30,32-33H,29,31H2. The van der Waals surface area contributed by atoms with E-state index in [2.05, 4.69) is 176 Å². The summed E-state index contributed by atoms with van der Waals surface area (Å²) >= 11 is 0. The molecule has 2 heterocycles. The molecule has 0 unspecified atom stereocenters. The Morgan fingerprint density at radius 1 is 0.345 bits per heavy atom. The van der Waals surface area contributed by atoms with Crippen LogP contribution in [0.25, 0.3) is 88.9 Å².